The topological polar surface area (TPSA) is 161 Å². The first kappa shape index (κ1) is 64.1. The molecule has 34 heavy (non-hydrogen) atoms. The van der Waals surface area contributed by atoms with Gasteiger partial charge in [0.1, 0.15) is 0 Å². The van der Waals surface area contributed by atoms with Crippen LogP contribution >= 0.6 is 0 Å². The van der Waals surface area contributed by atoms with Gasteiger partial charge < -0.3 is 67.3 Å². The van der Waals surface area contributed by atoms with Gasteiger partial charge in [-0.05, 0) is 27.7 Å². The van der Waals surface area contributed by atoms with Crippen molar-refractivity contribution in [3.63, 3.8) is 0 Å². The minimum Gasteiger partial charge on any atom is -0.550 e. The van der Waals surface area contributed by atoms with Gasteiger partial charge in [0, 0.05) is 51.2 Å². The van der Waals surface area contributed by atoms with Crippen molar-refractivity contribution in [1.29, 1.82) is 0 Å². The Bertz CT molecular complexity index is 255. The van der Waals surface area contributed by atoms with E-state index in [0.717, 1.165) is 53.4 Å². The van der Waals surface area contributed by atoms with E-state index in [4.69, 9.17) is 39.6 Å². The predicted molar refractivity (Wildman–Crippen MR) is 130 cm³/mol. The molecule has 0 spiro atoms. The van der Waals surface area contributed by atoms with Crippen LogP contribution in [0.1, 0.15) is 107 Å². The third-order valence-electron chi connectivity index (χ3n) is 1.41. The largest absolute Gasteiger partial charge is 4.00 e. The summed E-state index contributed by atoms with van der Waals surface area (Å²) >= 11 is 0. The van der Waals surface area contributed by atoms with Crippen LogP contribution in [0, 0.1) is 27.7 Å². The summed E-state index contributed by atoms with van der Waals surface area (Å²) in [5.74, 6) is -4.33. The summed E-state index contributed by atoms with van der Waals surface area (Å²) in [4.78, 5) is 35.6. The van der Waals surface area contributed by atoms with E-state index >= 15 is 0 Å². The van der Waals surface area contributed by atoms with Crippen molar-refractivity contribution in [1.82, 2.24) is 0 Å². The zero-order valence-electron chi connectivity index (χ0n) is 22.8. The molecule has 0 fully saturated rings. The molecule has 0 unspecified atom stereocenters. The Kier molecular flexibility index (Phi) is 160. The Morgan fingerprint density at radius 2 is 0.500 bits per heavy atom. The van der Waals surface area contributed by atoms with E-state index in [2.05, 4.69) is 55.4 Å². The van der Waals surface area contributed by atoms with Crippen molar-refractivity contribution in [2.24, 2.45) is 0 Å². The van der Waals surface area contributed by atoms with Gasteiger partial charge in [-0.25, -0.2) is 0 Å². The zero-order chi connectivity index (χ0) is 28.0. The Hall–Kier alpha value is -0.484. The third-order valence-corrected chi connectivity index (χ3v) is 1.41. The van der Waals surface area contributed by atoms with Crippen molar-refractivity contribution in [3.8, 4) is 0 Å². The van der Waals surface area contributed by atoms with Crippen molar-refractivity contribution >= 4 is 51.2 Å². The van der Waals surface area contributed by atoms with Crippen LogP contribution in [0.5, 0.6) is 0 Å². The molecule has 0 rings (SSSR count). The SMILES string of the molecule is CC(=O)[O-].CC(=O)[O-].CC(=O)[O-].CC(=O)[O-].[CH2-]CCC.[CH2-]CCC.[CH2-]CCC.[CH2-]CCC.[Pb].[Ti+4]. The normalized spacial score (nSPS) is 6.47. The summed E-state index contributed by atoms with van der Waals surface area (Å²) in [7, 11) is 0. The van der Waals surface area contributed by atoms with Crippen LogP contribution in [0.2, 0.25) is 0 Å². The maximum atomic E-state index is 8.89. The second-order valence-corrected chi connectivity index (χ2v) is 5.38. The summed E-state index contributed by atoms with van der Waals surface area (Å²) in [5, 5.41) is 35.6. The number of carboxylic acids is 4. The fraction of sp³-hybridized carbons (Fsp3) is 0.667. The van der Waals surface area contributed by atoms with Crippen LogP contribution in [0.15, 0.2) is 0 Å². The van der Waals surface area contributed by atoms with Gasteiger partial charge in [0.2, 0.25) is 0 Å². The molecular weight excluding hydrogens is 671 g/mol. The van der Waals surface area contributed by atoms with Gasteiger partial charge in [-0.15, -0.1) is 0 Å². The first-order valence-electron chi connectivity index (χ1n) is 10.5. The molecule has 0 N–H and O–H groups in total. The fourth-order valence-electron chi connectivity index (χ4n) is 0. The maximum Gasteiger partial charge on any atom is 4.00 e. The van der Waals surface area contributed by atoms with E-state index in [0.29, 0.717) is 0 Å². The second-order valence-electron chi connectivity index (χ2n) is 5.38. The van der Waals surface area contributed by atoms with Crippen LogP contribution in [-0.2, 0) is 40.9 Å². The molecule has 4 radical (unpaired) electrons. The summed E-state index contributed by atoms with van der Waals surface area (Å²) in [6.07, 6.45) is 9.11. The molecule has 0 saturated carbocycles. The monoisotopic (exact) mass is 720 g/mol. The van der Waals surface area contributed by atoms with Crippen molar-refractivity contribution in [2.75, 3.05) is 0 Å². The number of carbonyl (C=O) groups is 4. The average Bonchev–Trinajstić information content (AvgIpc) is 2.66. The van der Waals surface area contributed by atoms with Crippen LogP contribution in [0.4, 0.5) is 0 Å². The standard InChI is InChI=1S/4C4H9.4C2H4O2.Pb.Ti/c4*1-3-4-2;4*1-2(3)4;;/h4*1,3-4H2,2H3;4*1H3,(H,3,4);;/q4*-1;;;;;;+4/p-4. The van der Waals surface area contributed by atoms with Crippen molar-refractivity contribution < 1.29 is 61.3 Å². The van der Waals surface area contributed by atoms with Gasteiger partial charge in [0.15, 0.2) is 0 Å². The number of unbranched alkanes of at least 4 members (excludes halogenated alkanes) is 4. The summed E-state index contributed by atoms with van der Waals surface area (Å²) in [6.45, 7) is 26.8. The van der Waals surface area contributed by atoms with Gasteiger partial charge in [-0.2, -0.15) is 25.7 Å². The minimum absolute atomic E-state index is 0. The third kappa shape index (κ3) is 2370. The van der Waals surface area contributed by atoms with Crippen LogP contribution in [0.3, 0.4) is 0 Å². The number of rotatable bonds is 4. The molecule has 0 amide bonds. The fourth-order valence-corrected chi connectivity index (χ4v) is 0. The van der Waals surface area contributed by atoms with E-state index in [1.54, 1.807) is 0 Å². The molecular formula is C24H48O8PbTi-4. The average molecular weight is 720 g/mol. The molecule has 0 aromatic carbocycles. The van der Waals surface area contributed by atoms with E-state index in [1.807, 2.05) is 0 Å². The number of hydrogen-bond acceptors (Lipinski definition) is 8. The zero-order valence-corrected chi connectivity index (χ0v) is 28.2. The first-order chi connectivity index (χ1) is 14.6. The van der Waals surface area contributed by atoms with Gasteiger partial charge >= 0.3 is 21.7 Å². The van der Waals surface area contributed by atoms with Gasteiger partial charge in [-0.3, -0.25) is 0 Å². The molecule has 0 saturated heterocycles. The van der Waals surface area contributed by atoms with Crippen molar-refractivity contribution in [3.05, 3.63) is 27.7 Å². The van der Waals surface area contributed by atoms with E-state index in [9.17, 15) is 0 Å². The molecule has 10 heteroatoms. The quantitative estimate of drug-likeness (QED) is 0.309. The van der Waals surface area contributed by atoms with E-state index in [-0.39, 0.29) is 49.0 Å². The smallest absolute Gasteiger partial charge is 0.550 e. The summed E-state index contributed by atoms with van der Waals surface area (Å²) < 4.78 is 0. The molecule has 0 atom stereocenters. The van der Waals surface area contributed by atoms with E-state index in [1.165, 1.54) is 25.7 Å². The first-order valence-corrected chi connectivity index (χ1v) is 10.5. The van der Waals surface area contributed by atoms with Crippen LogP contribution < -0.4 is 20.4 Å². The molecule has 0 heterocycles. The molecule has 0 bridgehead atoms. The Labute approximate surface area is 245 Å². The molecule has 0 aromatic rings. The molecule has 204 valence electrons. The summed E-state index contributed by atoms with van der Waals surface area (Å²) in [5.41, 5.74) is 0. The molecule has 8 nitrogen and oxygen atoms in total. The Balaban J connectivity index is -0.0000000240. The predicted octanol–water partition coefficient (Wildman–Crippen LogP) is 1.12. The van der Waals surface area contributed by atoms with Crippen LogP contribution in [0.25, 0.3) is 0 Å². The molecule has 0 aromatic heterocycles. The summed E-state index contributed by atoms with van der Waals surface area (Å²) in [6, 6.07) is 0. The van der Waals surface area contributed by atoms with Gasteiger partial charge in [-0.1, -0.05) is 53.4 Å². The van der Waals surface area contributed by atoms with Crippen LogP contribution in [-0.4, -0.2) is 51.2 Å². The minimum atomic E-state index is -1.08. The van der Waals surface area contributed by atoms with Crippen molar-refractivity contribution in [2.45, 2.75) is 107 Å². The molecule has 0 aliphatic rings. The number of hydrogen-bond donors (Lipinski definition) is 0. The van der Waals surface area contributed by atoms with E-state index < -0.39 is 23.9 Å². The molecule has 0 aliphatic heterocycles. The Morgan fingerprint density at radius 1 is 0.471 bits per heavy atom. The van der Waals surface area contributed by atoms with Gasteiger partial charge in [0.25, 0.3) is 0 Å². The Morgan fingerprint density at radius 3 is 0.500 bits per heavy atom. The van der Waals surface area contributed by atoms with Gasteiger partial charge in [0.05, 0.1) is 0 Å². The number of aliphatic carboxylic acids is 4. The number of carboxylic acid groups (broad SMARTS) is 4. The second kappa shape index (κ2) is 84.8. The maximum absolute atomic E-state index is 8.89. The molecule has 0 aliphatic carbocycles. The number of carbonyl (C=O) groups excluding carboxylic acids is 4.